The standard InChI is InChI=1S/C12H13F3N4/c13-12(14,15)6-7-16-8-10-11(18-19-17-10)9-4-2-1-3-5-9/h1-5,16H,6-8H2,(H,17,18,19). The molecular weight excluding hydrogens is 257 g/mol. The minimum atomic E-state index is -4.14. The van der Waals surface area contributed by atoms with Crippen molar-refractivity contribution in [3.63, 3.8) is 0 Å². The van der Waals surface area contributed by atoms with Crippen LogP contribution in [0.25, 0.3) is 11.3 Å². The lowest BCUT2D eigenvalue weighted by molar-refractivity contribution is -0.133. The zero-order valence-corrected chi connectivity index (χ0v) is 10.0. The normalized spacial score (nSPS) is 11.7. The second-order valence-corrected chi connectivity index (χ2v) is 4.03. The number of hydrogen-bond acceptors (Lipinski definition) is 3. The lowest BCUT2D eigenvalue weighted by Crippen LogP contribution is -2.21. The Morgan fingerprint density at radius 2 is 1.84 bits per heavy atom. The van der Waals surface area contributed by atoms with E-state index in [0.29, 0.717) is 11.4 Å². The van der Waals surface area contributed by atoms with E-state index in [9.17, 15) is 13.2 Å². The molecule has 2 rings (SSSR count). The van der Waals surface area contributed by atoms with Gasteiger partial charge in [-0.3, -0.25) is 0 Å². The number of nitrogens with one attached hydrogen (secondary N) is 2. The third kappa shape index (κ3) is 4.06. The van der Waals surface area contributed by atoms with Crippen LogP contribution in [0, 0.1) is 0 Å². The van der Waals surface area contributed by atoms with Gasteiger partial charge in [0.15, 0.2) is 0 Å². The number of hydrogen-bond donors (Lipinski definition) is 2. The first kappa shape index (κ1) is 13.5. The van der Waals surface area contributed by atoms with Crippen molar-refractivity contribution in [2.75, 3.05) is 6.54 Å². The number of benzene rings is 1. The summed E-state index contributed by atoms with van der Waals surface area (Å²) in [6.45, 7) is 0.112. The minimum absolute atomic E-state index is 0.134. The van der Waals surface area contributed by atoms with Crippen LogP contribution < -0.4 is 5.32 Å². The highest BCUT2D eigenvalue weighted by atomic mass is 19.4. The summed E-state index contributed by atoms with van der Waals surface area (Å²) in [7, 11) is 0. The Morgan fingerprint density at radius 3 is 2.53 bits per heavy atom. The molecular formula is C12H13F3N4. The third-order valence-corrected chi connectivity index (χ3v) is 2.55. The number of aromatic nitrogens is 3. The molecule has 0 radical (unpaired) electrons. The molecule has 0 aliphatic rings. The van der Waals surface area contributed by atoms with E-state index in [0.717, 1.165) is 5.56 Å². The molecule has 19 heavy (non-hydrogen) atoms. The predicted octanol–water partition coefficient (Wildman–Crippen LogP) is 2.51. The van der Waals surface area contributed by atoms with Gasteiger partial charge in [-0.05, 0) is 0 Å². The highest BCUT2D eigenvalue weighted by Crippen LogP contribution is 2.20. The van der Waals surface area contributed by atoms with Crippen LogP contribution >= 0.6 is 0 Å². The summed E-state index contributed by atoms with van der Waals surface area (Å²) in [4.78, 5) is 0. The Bertz CT molecular complexity index is 507. The van der Waals surface area contributed by atoms with Crippen molar-refractivity contribution in [1.29, 1.82) is 0 Å². The second kappa shape index (κ2) is 5.83. The molecule has 1 heterocycles. The molecule has 2 aromatic rings. The smallest absolute Gasteiger partial charge is 0.311 e. The fourth-order valence-corrected chi connectivity index (χ4v) is 1.64. The largest absolute Gasteiger partial charge is 0.390 e. The van der Waals surface area contributed by atoms with Crippen LogP contribution in [-0.2, 0) is 6.54 Å². The van der Waals surface area contributed by atoms with Crippen LogP contribution in [0.1, 0.15) is 12.1 Å². The van der Waals surface area contributed by atoms with Gasteiger partial charge in [-0.2, -0.15) is 28.6 Å². The summed E-state index contributed by atoms with van der Waals surface area (Å²) in [5.41, 5.74) is 2.14. The lowest BCUT2D eigenvalue weighted by Gasteiger charge is -2.07. The van der Waals surface area contributed by atoms with Crippen molar-refractivity contribution in [2.45, 2.75) is 19.1 Å². The molecule has 1 aromatic carbocycles. The van der Waals surface area contributed by atoms with Crippen LogP contribution in [0.3, 0.4) is 0 Å². The number of aromatic amines is 1. The van der Waals surface area contributed by atoms with Gasteiger partial charge in [0, 0.05) is 18.7 Å². The molecule has 0 atom stereocenters. The highest BCUT2D eigenvalue weighted by molar-refractivity contribution is 5.60. The number of nitrogens with zero attached hydrogens (tertiary/aromatic N) is 2. The van der Waals surface area contributed by atoms with E-state index in [1.807, 2.05) is 30.3 Å². The third-order valence-electron chi connectivity index (χ3n) is 2.55. The highest BCUT2D eigenvalue weighted by Gasteiger charge is 2.26. The maximum Gasteiger partial charge on any atom is 0.390 e. The molecule has 0 spiro atoms. The number of halogens is 3. The summed E-state index contributed by atoms with van der Waals surface area (Å²) < 4.78 is 36.0. The molecule has 102 valence electrons. The number of H-pyrrole nitrogens is 1. The second-order valence-electron chi connectivity index (χ2n) is 4.03. The molecule has 0 aliphatic heterocycles. The van der Waals surface area contributed by atoms with Crippen LogP contribution in [0.5, 0.6) is 0 Å². The van der Waals surface area contributed by atoms with E-state index >= 15 is 0 Å². The summed E-state index contributed by atoms with van der Waals surface area (Å²) in [6, 6.07) is 9.36. The fourth-order valence-electron chi connectivity index (χ4n) is 1.64. The zero-order valence-electron chi connectivity index (χ0n) is 10.0. The zero-order chi connectivity index (χ0) is 13.7. The van der Waals surface area contributed by atoms with Crippen molar-refractivity contribution >= 4 is 0 Å². The first-order valence-corrected chi connectivity index (χ1v) is 5.79. The summed E-state index contributed by atoms with van der Waals surface area (Å²) in [6.07, 6.45) is -5.00. The van der Waals surface area contributed by atoms with Gasteiger partial charge in [0.05, 0.1) is 6.42 Å². The molecule has 0 unspecified atom stereocenters. The maximum atomic E-state index is 12.0. The van der Waals surface area contributed by atoms with E-state index in [1.54, 1.807) is 0 Å². The first-order chi connectivity index (χ1) is 9.06. The quantitative estimate of drug-likeness (QED) is 0.821. The summed E-state index contributed by atoms with van der Waals surface area (Å²) >= 11 is 0. The van der Waals surface area contributed by atoms with Crippen LogP contribution in [-0.4, -0.2) is 28.1 Å². The molecule has 0 fully saturated rings. The van der Waals surface area contributed by atoms with E-state index in [2.05, 4.69) is 20.7 Å². The Labute approximate surface area is 108 Å². The molecule has 0 bridgehead atoms. The maximum absolute atomic E-state index is 12.0. The summed E-state index contributed by atoms with van der Waals surface area (Å²) in [5, 5.41) is 13.2. The molecule has 4 nitrogen and oxygen atoms in total. The van der Waals surface area contributed by atoms with Crippen LogP contribution in [0.4, 0.5) is 13.2 Å². The van der Waals surface area contributed by atoms with E-state index in [-0.39, 0.29) is 13.1 Å². The molecule has 7 heteroatoms. The number of alkyl halides is 3. The van der Waals surface area contributed by atoms with E-state index < -0.39 is 12.6 Å². The topological polar surface area (TPSA) is 53.6 Å². The van der Waals surface area contributed by atoms with Gasteiger partial charge in [0.25, 0.3) is 0 Å². The van der Waals surface area contributed by atoms with Crippen molar-refractivity contribution in [3.8, 4) is 11.3 Å². The summed E-state index contributed by atoms with van der Waals surface area (Å²) in [5.74, 6) is 0. The van der Waals surface area contributed by atoms with Gasteiger partial charge in [0.1, 0.15) is 11.4 Å². The van der Waals surface area contributed by atoms with Crippen molar-refractivity contribution in [1.82, 2.24) is 20.7 Å². The van der Waals surface area contributed by atoms with Gasteiger partial charge in [-0.15, -0.1) is 0 Å². The van der Waals surface area contributed by atoms with Gasteiger partial charge >= 0.3 is 6.18 Å². The first-order valence-electron chi connectivity index (χ1n) is 5.79. The van der Waals surface area contributed by atoms with Crippen LogP contribution in [0.15, 0.2) is 30.3 Å². The van der Waals surface area contributed by atoms with Gasteiger partial charge < -0.3 is 5.32 Å². The lowest BCUT2D eigenvalue weighted by atomic mass is 10.1. The van der Waals surface area contributed by atoms with Gasteiger partial charge in [-0.1, -0.05) is 30.3 Å². The van der Waals surface area contributed by atoms with Crippen molar-refractivity contribution in [2.24, 2.45) is 0 Å². The molecule has 2 N–H and O–H groups in total. The molecule has 0 saturated carbocycles. The average molecular weight is 270 g/mol. The fraction of sp³-hybridized carbons (Fsp3) is 0.333. The van der Waals surface area contributed by atoms with E-state index in [4.69, 9.17) is 0 Å². The molecule has 0 saturated heterocycles. The monoisotopic (exact) mass is 270 g/mol. The van der Waals surface area contributed by atoms with Crippen LogP contribution in [0.2, 0.25) is 0 Å². The average Bonchev–Trinajstić information content (AvgIpc) is 2.83. The SMILES string of the molecule is FC(F)(F)CCNCc1n[nH]nc1-c1ccccc1. The Hall–Kier alpha value is -1.89. The predicted molar refractivity (Wildman–Crippen MR) is 64.2 cm³/mol. The van der Waals surface area contributed by atoms with Gasteiger partial charge in [-0.25, -0.2) is 0 Å². The Balaban J connectivity index is 1.94. The van der Waals surface area contributed by atoms with E-state index in [1.165, 1.54) is 0 Å². The molecule has 0 aliphatic carbocycles. The van der Waals surface area contributed by atoms with Gasteiger partial charge in [0.2, 0.25) is 0 Å². The van der Waals surface area contributed by atoms with Crippen molar-refractivity contribution in [3.05, 3.63) is 36.0 Å². The Morgan fingerprint density at radius 1 is 1.11 bits per heavy atom. The number of rotatable bonds is 5. The molecule has 0 amide bonds. The van der Waals surface area contributed by atoms with Crippen molar-refractivity contribution < 1.29 is 13.2 Å². The molecule has 1 aromatic heterocycles. The Kier molecular flexibility index (Phi) is 4.16. The minimum Gasteiger partial charge on any atom is -0.311 e.